The molecule has 1 aromatic carbocycles. The Hall–Kier alpha value is -1.55. The molecule has 1 N–H and O–H groups in total. The van der Waals surface area contributed by atoms with Crippen LogP contribution in [0.3, 0.4) is 0 Å². The fraction of sp³-hybridized carbons (Fsp3) is 0.611. The van der Waals surface area contributed by atoms with Gasteiger partial charge < -0.3 is 14.8 Å². The zero-order valence-electron chi connectivity index (χ0n) is 13.6. The van der Waals surface area contributed by atoms with Crippen molar-refractivity contribution < 1.29 is 14.3 Å². The van der Waals surface area contributed by atoms with E-state index in [2.05, 4.69) is 12.2 Å². The summed E-state index contributed by atoms with van der Waals surface area (Å²) in [7, 11) is 0. The number of carbonyl (C=O) groups is 1. The van der Waals surface area contributed by atoms with Crippen LogP contribution in [0.2, 0.25) is 0 Å². The second kappa shape index (κ2) is 8.79. The van der Waals surface area contributed by atoms with E-state index in [-0.39, 0.29) is 11.8 Å². The van der Waals surface area contributed by atoms with Gasteiger partial charge in [-0.2, -0.15) is 0 Å². The van der Waals surface area contributed by atoms with Crippen molar-refractivity contribution in [1.82, 2.24) is 5.32 Å². The summed E-state index contributed by atoms with van der Waals surface area (Å²) in [6.45, 7) is 6.97. The molecule has 1 aliphatic rings. The molecule has 0 aliphatic carbocycles. The number of hydrogen-bond donors (Lipinski definition) is 1. The molecule has 1 heterocycles. The van der Waals surface area contributed by atoms with E-state index in [9.17, 15) is 4.79 Å². The summed E-state index contributed by atoms with van der Waals surface area (Å²) in [5.74, 6) is 1.51. The molecule has 0 bridgehead atoms. The molecule has 0 spiro atoms. The quantitative estimate of drug-likeness (QED) is 0.842. The summed E-state index contributed by atoms with van der Waals surface area (Å²) in [5.41, 5.74) is 1.09. The first kappa shape index (κ1) is 16.8. The molecule has 1 atom stereocenters. The second-order valence-electron chi connectivity index (χ2n) is 5.95. The Morgan fingerprint density at radius 1 is 1.32 bits per heavy atom. The first-order chi connectivity index (χ1) is 10.7. The van der Waals surface area contributed by atoms with Gasteiger partial charge in [-0.3, -0.25) is 4.79 Å². The fourth-order valence-corrected chi connectivity index (χ4v) is 2.70. The number of ether oxygens (including phenoxy) is 2. The van der Waals surface area contributed by atoms with Gasteiger partial charge in [-0.15, -0.1) is 0 Å². The first-order valence-corrected chi connectivity index (χ1v) is 8.28. The number of nitrogens with one attached hydrogen (secondary N) is 1. The molecule has 22 heavy (non-hydrogen) atoms. The van der Waals surface area contributed by atoms with Crippen molar-refractivity contribution in [3.8, 4) is 5.75 Å². The van der Waals surface area contributed by atoms with E-state index < -0.39 is 0 Å². The maximum Gasteiger partial charge on any atom is 0.223 e. The van der Waals surface area contributed by atoms with Crippen molar-refractivity contribution >= 4 is 5.91 Å². The van der Waals surface area contributed by atoms with Crippen molar-refractivity contribution in [3.63, 3.8) is 0 Å². The van der Waals surface area contributed by atoms with Crippen molar-refractivity contribution in [2.45, 2.75) is 39.7 Å². The van der Waals surface area contributed by atoms with E-state index in [1.165, 1.54) is 0 Å². The standard InChI is InChI=1S/C18H27NO3/c1-3-10-22-17-6-4-15(5-7-17)13-19-18(20)14(2)16-8-11-21-12-9-16/h4-7,14,16H,3,8-13H2,1-2H3,(H,19,20). The van der Waals surface area contributed by atoms with Gasteiger partial charge in [-0.25, -0.2) is 0 Å². The minimum absolute atomic E-state index is 0.0519. The molecule has 4 nitrogen and oxygen atoms in total. The molecule has 1 amide bonds. The van der Waals surface area contributed by atoms with Crippen LogP contribution in [0.5, 0.6) is 5.75 Å². The highest BCUT2D eigenvalue weighted by molar-refractivity contribution is 5.78. The first-order valence-electron chi connectivity index (χ1n) is 8.28. The molecule has 2 rings (SSSR count). The van der Waals surface area contributed by atoms with Gasteiger partial charge in [-0.05, 0) is 42.9 Å². The lowest BCUT2D eigenvalue weighted by Gasteiger charge is -2.27. The normalized spacial score (nSPS) is 17.0. The SMILES string of the molecule is CCCOc1ccc(CNC(=O)C(C)C2CCOCC2)cc1. The molecule has 1 saturated heterocycles. The third kappa shape index (κ3) is 5.02. The van der Waals surface area contributed by atoms with Gasteiger partial charge in [0.1, 0.15) is 5.75 Å². The number of hydrogen-bond acceptors (Lipinski definition) is 3. The third-order valence-corrected chi connectivity index (χ3v) is 4.25. The maximum absolute atomic E-state index is 12.2. The summed E-state index contributed by atoms with van der Waals surface area (Å²) >= 11 is 0. The van der Waals surface area contributed by atoms with Crippen LogP contribution >= 0.6 is 0 Å². The van der Waals surface area contributed by atoms with Crippen molar-refractivity contribution in [1.29, 1.82) is 0 Å². The lowest BCUT2D eigenvalue weighted by atomic mass is 9.87. The van der Waals surface area contributed by atoms with Crippen LogP contribution in [0.4, 0.5) is 0 Å². The van der Waals surface area contributed by atoms with Crippen LogP contribution < -0.4 is 10.1 Å². The predicted octanol–water partition coefficient (Wildman–Crippen LogP) is 3.15. The minimum Gasteiger partial charge on any atom is -0.494 e. The predicted molar refractivity (Wildman–Crippen MR) is 86.8 cm³/mol. The molecule has 122 valence electrons. The molecule has 1 aromatic rings. The topological polar surface area (TPSA) is 47.6 Å². The summed E-state index contributed by atoms with van der Waals surface area (Å²) in [4.78, 5) is 12.2. The highest BCUT2D eigenvalue weighted by Crippen LogP contribution is 2.23. The number of amides is 1. The van der Waals surface area contributed by atoms with E-state index in [4.69, 9.17) is 9.47 Å². The van der Waals surface area contributed by atoms with E-state index in [1.807, 2.05) is 31.2 Å². The van der Waals surface area contributed by atoms with Gasteiger partial charge in [-0.1, -0.05) is 26.0 Å². The Morgan fingerprint density at radius 2 is 2.00 bits per heavy atom. The molecule has 1 aliphatic heterocycles. The summed E-state index contributed by atoms with van der Waals surface area (Å²) in [6.07, 6.45) is 2.97. The fourth-order valence-electron chi connectivity index (χ4n) is 2.70. The zero-order chi connectivity index (χ0) is 15.8. The second-order valence-corrected chi connectivity index (χ2v) is 5.95. The van der Waals surface area contributed by atoms with Gasteiger partial charge in [0.25, 0.3) is 0 Å². The van der Waals surface area contributed by atoms with Gasteiger partial charge in [0, 0.05) is 25.7 Å². The Labute approximate surface area is 133 Å². The lowest BCUT2D eigenvalue weighted by Crippen LogP contribution is -2.35. The van der Waals surface area contributed by atoms with Crippen LogP contribution in [-0.4, -0.2) is 25.7 Å². The van der Waals surface area contributed by atoms with E-state index >= 15 is 0 Å². The monoisotopic (exact) mass is 305 g/mol. The Bertz CT molecular complexity index is 452. The molecule has 0 saturated carbocycles. The molecule has 1 unspecified atom stereocenters. The average molecular weight is 305 g/mol. The van der Waals surface area contributed by atoms with Gasteiger partial charge in [0.05, 0.1) is 6.61 Å². The van der Waals surface area contributed by atoms with Crippen LogP contribution in [0, 0.1) is 11.8 Å². The van der Waals surface area contributed by atoms with Crippen LogP contribution in [0.1, 0.15) is 38.7 Å². The highest BCUT2D eigenvalue weighted by Gasteiger charge is 2.25. The van der Waals surface area contributed by atoms with Crippen molar-refractivity contribution in [3.05, 3.63) is 29.8 Å². The van der Waals surface area contributed by atoms with Gasteiger partial charge >= 0.3 is 0 Å². The van der Waals surface area contributed by atoms with Gasteiger partial charge in [0.2, 0.25) is 5.91 Å². The minimum atomic E-state index is 0.0519. The average Bonchev–Trinajstić information content (AvgIpc) is 2.58. The lowest BCUT2D eigenvalue weighted by molar-refractivity contribution is -0.127. The Kier molecular flexibility index (Phi) is 6.72. The molecular weight excluding hydrogens is 278 g/mol. The number of benzene rings is 1. The largest absolute Gasteiger partial charge is 0.494 e. The third-order valence-electron chi connectivity index (χ3n) is 4.25. The molecule has 0 aromatic heterocycles. The van der Waals surface area contributed by atoms with Gasteiger partial charge in [0.15, 0.2) is 0 Å². The van der Waals surface area contributed by atoms with Crippen LogP contribution in [0.25, 0.3) is 0 Å². The van der Waals surface area contributed by atoms with E-state index in [1.54, 1.807) is 0 Å². The molecule has 1 fully saturated rings. The van der Waals surface area contributed by atoms with Crippen molar-refractivity contribution in [2.75, 3.05) is 19.8 Å². The summed E-state index contributed by atoms with van der Waals surface area (Å²) in [5, 5.41) is 3.04. The summed E-state index contributed by atoms with van der Waals surface area (Å²) < 4.78 is 10.9. The molecule has 0 radical (unpaired) electrons. The molecule has 4 heteroatoms. The Balaban J connectivity index is 1.77. The van der Waals surface area contributed by atoms with Crippen LogP contribution in [-0.2, 0) is 16.1 Å². The molecular formula is C18H27NO3. The van der Waals surface area contributed by atoms with E-state index in [0.29, 0.717) is 12.5 Å². The zero-order valence-corrected chi connectivity index (χ0v) is 13.6. The summed E-state index contributed by atoms with van der Waals surface area (Å²) in [6, 6.07) is 7.92. The maximum atomic E-state index is 12.2. The van der Waals surface area contributed by atoms with Crippen molar-refractivity contribution in [2.24, 2.45) is 11.8 Å². The number of carbonyl (C=O) groups excluding carboxylic acids is 1. The smallest absolute Gasteiger partial charge is 0.223 e. The Morgan fingerprint density at radius 3 is 2.64 bits per heavy atom. The highest BCUT2D eigenvalue weighted by atomic mass is 16.5. The number of rotatable bonds is 7. The van der Waals surface area contributed by atoms with Crippen LogP contribution in [0.15, 0.2) is 24.3 Å². The van der Waals surface area contributed by atoms with E-state index in [0.717, 1.165) is 50.4 Å².